The van der Waals surface area contributed by atoms with Gasteiger partial charge < -0.3 is 20.5 Å². The normalized spacial score (nSPS) is 24.5. The Morgan fingerprint density at radius 1 is 1.11 bits per heavy atom. The summed E-state index contributed by atoms with van der Waals surface area (Å²) in [6.07, 6.45) is 4.06. The Morgan fingerprint density at radius 2 is 1.92 bits per heavy atom. The summed E-state index contributed by atoms with van der Waals surface area (Å²) in [6, 6.07) is 16.1. The zero-order valence-electron chi connectivity index (χ0n) is 21.8. The smallest absolute Gasteiger partial charge is 0.414 e. The lowest BCUT2D eigenvalue weighted by Gasteiger charge is -2.28. The number of rotatable bonds is 10. The third kappa shape index (κ3) is 6.01. The number of ether oxygens (including phenoxy) is 1. The summed E-state index contributed by atoms with van der Waals surface area (Å²) in [5, 5.41) is 17.5. The van der Waals surface area contributed by atoms with Crippen LogP contribution >= 0.6 is 0 Å². The van der Waals surface area contributed by atoms with Crippen molar-refractivity contribution in [1.29, 1.82) is 0 Å². The van der Waals surface area contributed by atoms with Crippen molar-refractivity contribution in [3.05, 3.63) is 65.7 Å². The first-order chi connectivity index (χ1) is 18.4. The van der Waals surface area contributed by atoms with E-state index in [0.29, 0.717) is 36.7 Å². The Labute approximate surface area is 223 Å². The second-order valence-electron chi connectivity index (χ2n) is 11.1. The van der Waals surface area contributed by atoms with Crippen molar-refractivity contribution in [2.45, 2.75) is 63.6 Å². The molecule has 6 atom stereocenters. The molecule has 8 heteroatoms. The SMILES string of the molecule is CC(CC(O)C(Cc1ccccc1)NC(=O)c1cccc(N2CCOC2=O)c1)C(=O)NC1CC2CCC1C2. The standard InChI is InChI=1S/C30H37N3O5/c1-19(28(35)31-25-17-21-10-11-22(25)15-21)14-27(34)26(16-20-6-3-2-4-7-20)32-29(36)23-8-5-9-24(18-23)33-12-13-38-30(33)37/h2-9,18-19,21-22,25-27,34H,10-17H2,1H3,(H,31,35)(H,32,36). The first-order valence-electron chi connectivity index (χ1n) is 13.7. The van der Waals surface area contributed by atoms with E-state index in [4.69, 9.17) is 4.74 Å². The number of hydrogen-bond donors (Lipinski definition) is 3. The fraction of sp³-hybridized carbons (Fsp3) is 0.500. The highest BCUT2D eigenvalue weighted by Gasteiger charge is 2.40. The summed E-state index contributed by atoms with van der Waals surface area (Å²) in [4.78, 5) is 39.7. The van der Waals surface area contributed by atoms with Crippen molar-refractivity contribution in [3.63, 3.8) is 0 Å². The van der Waals surface area contributed by atoms with Crippen LogP contribution in [0, 0.1) is 17.8 Å². The molecule has 5 rings (SSSR count). The number of carbonyl (C=O) groups is 3. The van der Waals surface area contributed by atoms with Crippen LogP contribution in [-0.4, -0.2) is 54.4 Å². The van der Waals surface area contributed by atoms with Crippen LogP contribution in [0.1, 0.15) is 54.9 Å². The van der Waals surface area contributed by atoms with E-state index in [0.717, 1.165) is 17.9 Å². The number of hydrogen-bond acceptors (Lipinski definition) is 5. The molecule has 2 aliphatic carbocycles. The van der Waals surface area contributed by atoms with Crippen LogP contribution in [0.15, 0.2) is 54.6 Å². The van der Waals surface area contributed by atoms with Gasteiger partial charge in [-0.15, -0.1) is 0 Å². The monoisotopic (exact) mass is 519 g/mol. The lowest BCUT2D eigenvalue weighted by molar-refractivity contribution is -0.126. The van der Waals surface area contributed by atoms with Crippen LogP contribution in [0.2, 0.25) is 0 Å². The van der Waals surface area contributed by atoms with Crippen LogP contribution in [0.5, 0.6) is 0 Å². The van der Waals surface area contributed by atoms with Crippen molar-refractivity contribution in [1.82, 2.24) is 10.6 Å². The predicted molar refractivity (Wildman–Crippen MR) is 144 cm³/mol. The van der Waals surface area contributed by atoms with E-state index >= 15 is 0 Å². The van der Waals surface area contributed by atoms with Crippen LogP contribution < -0.4 is 15.5 Å². The van der Waals surface area contributed by atoms with E-state index in [-0.39, 0.29) is 30.2 Å². The average molecular weight is 520 g/mol. The zero-order chi connectivity index (χ0) is 26.6. The molecule has 3 fully saturated rings. The highest BCUT2D eigenvalue weighted by molar-refractivity contribution is 5.97. The number of aliphatic hydroxyl groups excluding tert-OH is 1. The number of nitrogens with one attached hydrogen (secondary N) is 2. The summed E-state index contributed by atoms with van der Waals surface area (Å²) >= 11 is 0. The molecule has 0 aromatic heterocycles. The van der Waals surface area contributed by atoms with E-state index < -0.39 is 18.2 Å². The predicted octanol–water partition coefficient (Wildman–Crippen LogP) is 3.68. The lowest BCUT2D eigenvalue weighted by atomic mass is 9.92. The summed E-state index contributed by atoms with van der Waals surface area (Å²) < 4.78 is 5.02. The number of anilines is 1. The second-order valence-corrected chi connectivity index (χ2v) is 11.1. The van der Waals surface area contributed by atoms with Gasteiger partial charge in [-0.3, -0.25) is 14.5 Å². The zero-order valence-corrected chi connectivity index (χ0v) is 21.8. The molecule has 0 spiro atoms. The number of amides is 3. The van der Waals surface area contributed by atoms with Gasteiger partial charge in [0.2, 0.25) is 5.91 Å². The maximum absolute atomic E-state index is 13.3. The minimum absolute atomic E-state index is 0.0309. The molecule has 1 saturated heterocycles. The first kappa shape index (κ1) is 26.2. The molecule has 38 heavy (non-hydrogen) atoms. The van der Waals surface area contributed by atoms with Gasteiger partial charge in [0.1, 0.15) is 6.61 Å². The molecule has 202 valence electrons. The van der Waals surface area contributed by atoms with Gasteiger partial charge in [0, 0.05) is 23.2 Å². The average Bonchev–Trinajstić information content (AvgIpc) is 3.66. The largest absolute Gasteiger partial charge is 0.447 e. The molecule has 6 unspecified atom stereocenters. The highest BCUT2D eigenvalue weighted by atomic mass is 16.6. The van der Waals surface area contributed by atoms with E-state index in [1.165, 1.54) is 24.2 Å². The summed E-state index contributed by atoms with van der Waals surface area (Å²) in [6.45, 7) is 2.58. The van der Waals surface area contributed by atoms with Gasteiger partial charge in [-0.05, 0) is 67.7 Å². The van der Waals surface area contributed by atoms with Gasteiger partial charge >= 0.3 is 6.09 Å². The molecule has 3 amide bonds. The Morgan fingerprint density at radius 3 is 2.61 bits per heavy atom. The van der Waals surface area contributed by atoms with E-state index in [1.54, 1.807) is 24.3 Å². The molecule has 3 N–H and O–H groups in total. The van der Waals surface area contributed by atoms with Crippen LogP contribution in [0.4, 0.5) is 10.5 Å². The Bertz CT molecular complexity index is 1160. The highest BCUT2D eigenvalue weighted by Crippen LogP contribution is 2.44. The number of carbonyl (C=O) groups excluding carboxylic acids is 3. The molecule has 1 aliphatic heterocycles. The molecular weight excluding hydrogens is 482 g/mol. The molecular formula is C30H37N3O5. The van der Waals surface area contributed by atoms with Crippen LogP contribution in [0.25, 0.3) is 0 Å². The van der Waals surface area contributed by atoms with Gasteiger partial charge in [0.15, 0.2) is 0 Å². The lowest BCUT2D eigenvalue weighted by Crippen LogP contribution is -2.47. The molecule has 0 radical (unpaired) electrons. The van der Waals surface area contributed by atoms with Crippen LogP contribution in [-0.2, 0) is 16.0 Å². The maximum atomic E-state index is 13.3. The number of fused-ring (bicyclic) bond motifs is 2. The fourth-order valence-electron chi connectivity index (χ4n) is 6.23. The number of nitrogens with zero attached hydrogens (tertiary/aromatic N) is 1. The molecule has 8 nitrogen and oxygen atoms in total. The number of benzene rings is 2. The minimum atomic E-state index is -0.920. The molecule has 1 heterocycles. The topological polar surface area (TPSA) is 108 Å². The summed E-state index contributed by atoms with van der Waals surface area (Å²) in [5.41, 5.74) is 1.95. The van der Waals surface area contributed by atoms with Crippen molar-refractivity contribution < 1.29 is 24.2 Å². The van der Waals surface area contributed by atoms with Gasteiger partial charge in [-0.1, -0.05) is 49.7 Å². The number of cyclic esters (lactones) is 1. The van der Waals surface area contributed by atoms with Crippen molar-refractivity contribution in [3.8, 4) is 0 Å². The molecule has 2 saturated carbocycles. The summed E-state index contributed by atoms with van der Waals surface area (Å²) in [7, 11) is 0. The van der Waals surface area contributed by atoms with Gasteiger partial charge in [-0.25, -0.2) is 4.79 Å². The maximum Gasteiger partial charge on any atom is 0.414 e. The van der Waals surface area contributed by atoms with Crippen molar-refractivity contribution in [2.75, 3.05) is 18.1 Å². The van der Waals surface area contributed by atoms with Crippen molar-refractivity contribution in [2.24, 2.45) is 17.8 Å². The Hall–Kier alpha value is -3.39. The van der Waals surface area contributed by atoms with E-state index in [2.05, 4.69) is 10.6 Å². The Kier molecular flexibility index (Phi) is 7.98. The molecule has 2 aromatic carbocycles. The second kappa shape index (κ2) is 11.6. The molecule has 2 aromatic rings. The molecule has 2 bridgehead atoms. The third-order valence-electron chi connectivity index (χ3n) is 8.37. The first-order valence-corrected chi connectivity index (χ1v) is 13.7. The van der Waals surface area contributed by atoms with Crippen molar-refractivity contribution >= 4 is 23.6 Å². The fourth-order valence-corrected chi connectivity index (χ4v) is 6.23. The Balaban J connectivity index is 1.25. The third-order valence-corrected chi connectivity index (χ3v) is 8.37. The van der Waals surface area contributed by atoms with E-state index in [9.17, 15) is 19.5 Å². The minimum Gasteiger partial charge on any atom is -0.447 e. The quantitative estimate of drug-likeness (QED) is 0.444. The summed E-state index contributed by atoms with van der Waals surface area (Å²) in [5.74, 6) is 0.564. The van der Waals surface area contributed by atoms with Crippen LogP contribution in [0.3, 0.4) is 0 Å². The molecule has 3 aliphatic rings. The van der Waals surface area contributed by atoms with E-state index in [1.807, 2.05) is 37.3 Å². The van der Waals surface area contributed by atoms with Gasteiger partial charge in [-0.2, -0.15) is 0 Å². The van der Waals surface area contributed by atoms with Gasteiger partial charge in [0.05, 0.1) is 18.7 Å². The van der Waals surface area contributed by atoms with Gasteiger partial charge in [0.25, 0.3) is 5.91 Å². The number of aliphatic hydroxyl groups is 1.